The van der Waals surface area contributed by atoms with Crippen LogP contribution in [0.3, 0.4) is 0 Å². The van der Waals surface area contributed by atoms with Crippen LogP contribution in [0.15, 0.2) is 0 Å². The van der Waals surface area contributed by atoms with Crippen molar-refractivity contribution in [3.8, 4) is 0 Å². The van der Waals surface area contributed by atoms with E-state index in [2.05, 4.69) is 4.90 Å². The third kappa shape index (κ3) is 2.47. The van der Waals surface area contributed by atoms with Gasteiger partial charge in [-0.2, -0.15) is 0 Å². The first-order valence-corrected chi connectivity index (χ1v) is 7.71. The molecular weight excluding hydrogens is 260 g/mol. The molecule has 5 nitrogen and oxygen atoms in total. The van der Waals surface area contributed by atoms with E-state index in [0.29, 0.717) is 6.54 Å². The van der Waals surface area contributed by atoms with Gasteiger partial charge < -0.3 is 15.5 Å². The summed E-state index contributed by atoms with van der Waals surface area (Å²) in [7, 11) is 1.87. The Morgan fingerprint density at radius 1 is 1.37 bits per heavy atom. The molecule has 0 saturated carbocycles. The minimum Gasteiger partial charge on any atom is -0.344 e. The van der Waals surface area contributed by atoms with Crippen molar-refractivity contribution in [3.63, 3.8) is 0 Å². The maximum Gasteiger partial charge on any atom is 0.241 e. The summed E-state index contributed by atoms with van der Waals surface area (Å²) in [6.45, 7) is 2.18. The zero-order valence-corrected chi connectivity index (χ0v) is 12.1. The van der Waals surface area contributed by atoms with Crippen LogP contribution in [0, 0.1) is 0 Å². The minimum atomic E-state index is 0.139. The number of carbonyl (C=O) groups excluding carboxylic acids is 1. The topological polar surface area (TPSA) is 62.5 Å². The van der Waals surface area contributed by atoms with Crippen LogP contribution in [0.25, 0.3) is 0 Å². The van der Waals surface area contributed by atoms with Crippen molar-refractivity contribution in [1.29, 1.82) is 0 Å². The van der Waals surface area contributed by atoms with Crippen molar-refractivity contribution in [2.45, 2.75) is 31.7 Å². The summed E-state index contributed by atoms with van der Waals surface area (Å²) in [4.78, 5) is 21.8. The highest BCUT2D eigenvalue weighted by Gasteiger charge is 2.26. The van der Waals surface area contributed by atoms with Crippen LogP contribution in [0.1, 0.15) is 35.9 Å². The largest absolute Gasteiger partial charge is 0.344 e. The van der Waals surface area contributed by atoms with Crippen molar-refractivity contribution in [2.24, 2.45) is 5.73 Å². The number of amides is 1. The van der Waals surface area contributed by atoms with E-state index >= 15 is 0 Å². The standard InChI is InChI=1S/C13H20N4OS/c1-16-6-3-7-17(8-11(16)18)13-15-10-5-2-4-9(14)12(10)19-13/h9H,2-8,14H2,1H3. The molecule has 19 heavy (non-hydrogen) atoms. The van der Waals surface area contributed by atoms with E-state index in [1.165, 1.54) is 4.88 Å². The minimum absolute atomic E-state index is 0.139. The van der Waals surface area contributed by atoms with E-state index in [1.54, 1.807) is 16.2 Å². The van der Waals surface area contributed by atoms with Gasteiger partial charge in [0.2, 0.25) is 5.91 Å². The van der Waals surface area contributed by atoms with E-state index in [4.69, 9.17) is 10.7 Å². The Labute approximate surface area is 117 Å². The van der Waals surface area contributed by atoms with Gasteiger partial charge in [-0.1, -0.05) is 11.3 Å². The summed E-state index contributed by atoms with van der Waals surface area (Å²) in [5.74, 6) is 0.176. The molecule has 104 valence electrons. The second-order valence-electron chi connectivity index (χ2n) is 5.40. The van der Waals surface area contributed by atoms with Gasteiger partial charge in [0, 0.05) is 31.1 Å². The van der Waals surface area contributed by atoms with Crippen molar-refractivity contribution in [2.75, 3.05) is 31.6 Å². The van der Waals surface area contributed by atoms with Crippen molar-refractivity contribution < 1.29 is 4.79 Å². The molecule has 0 bridgehead atoms. The molecule has 1 aliphatic heterocycles. The Morgan fingerprint density at radius 2 is 2.21 bits per heavy atom. The normalized spacial score (nSPS) is 24.3. The predicted octanol–water partition coefficient (Wildman–Crippen LogP) is 1.15. The molecule has 1 aromatic rings. The lowest BCUT2D eigenvalue weighted by molar-refractivity contribution is -0.127. The molecule has 3 rings (SSSR count). The number of likely N-dealkylation sites (N-methyl/N-ethyl adjacent to an activating group) is 1. The molecule has 1 atom stereocenters. The van der Waals surface area contributed by atoms with Gasteiger partial charge in [-0.3, -0.25) is 4.79 Å². The SMILES string of the molecule is CN1CCCN(c2nc3c(s2)C(N)CCC3)CC1=O. The molecule has 1 aliphatic carbocycles. The van der Waals surface area contributed by atoms with Crippen LogP contribution in [0.4, 0.5) is 5.13 Å². The Bertz CT molecular complexity index is 487. The maximum atomic E-state index is 11.9. The lowest BCUT2D eigenvalue weighted by atomic mass is 9.99. The number of rotatable bonds is 1. The molecular formula is C13H20N4OS. The van der Waals surface area contributed by atoms with Crippen molar-refractivity contribution in [1.82, 2.24) is 9.88 Å². The third-order valence-electron chi connectivity index (χ3n) is 3.93. The van der Waals surface area contributed by atoms with Gasteiger partial charge in [-0.05, 0) is 25.7 Å². The predicted molar refractivity (Wildman–Crippen MR) is 76.4 cm³/mol. The van der Waals surface area contributed by atoms with Crippen LogP contribution in [-0.4, -0.2) is 42.5 Å². The molecule has 0 radical (unpaired) electrons. The first kappa shape index (κ1) is 12.9. The molecule has 2 heterocycles. The fourth-order valence-electron chi connectivity index (χ4n) is 2.72. The number of nitrogens with zero attached hydrogens (tertiary/aromatic N) is 3. The monoisotopic (exact) mass is 280 g/mol. The molecule has 0 aromatic carbocycles. The Balaban J connectivity index is 1.84. The number of nitrogens with two attached hydrogens (primary N) is 1. The van der Waals surface area contributed by atoms with E-state index in [0.717, 1.165) is 49.6 Å². The average Bonchev–Trinajstić information content (AvgIpc) is 2.75. The molecule has 2 aliphatic rings. The summed E-state index contributed by atoms with van der Waals surface area (Å²) in [5.41, 5.74) is 7.30. The number of carbonyl (C=O) groups is 1. The summed E-state index contributed by atoms with van der Waals surface area (Å²) in [6, 6.07) is 0.139. The van der Waals surface area contributed by atoms with Gasteiger partial charge in [-0.15, -0.1) is 0 Å². The summed E-state index contributed by atoms with van der Waals surface area (Å²) in [6.07, 6.45) is 4.20. The van der Waals surface area contributed by atoms with Gasteiger partial charge in [0.15, 0.2) is 5.13 Å². The smallest absolute Gasteiger partial charge is 0.241 e. The van der Waals surface area contributed by atoms with E-state index < -0.39 is 0 Å². The molecule has 1 amide bonds. The zero-order chi connectivity index (χ0) is 13.4. The Morgan fingerprint density at radius 3 is 3.00 bits per heavy atom. The summed E-state index contributed by atoms with van der Waals surface area (Å²) in [5, 5.41) is 0.978. The van der Waals surface area contributed by atoms with Crippen LogP contribution in [0.5, 0.6) is 0 Å². The molecule has 1 unspecified atom stereocenters. The number of fused-ring (bicyclic) bond motifs is 1. The first-order chi connectivity index (χ1) is 9.15. The highest BCUT2D eigenvalue weighted by atomic mass is 32.1. The van der Waals surface area contributed by atoms with Gasteiger partial charge in [-0.25, -0.2) is 4.98 Å². The van der Waals surface area contributed by atoms with Crippen LogP contribution in [-0.2, 0) is 11.2 Å². The average molecular weight is 280 g/mol. The van der Waals surface area contributed by atoms with Gasteiger partial charge in [0.1, 0.15) is 0 Å². The van der Waals surface area contributed by atoms with Crippen molar-refractivity contribution in [3.05, 3.63) is 10.6 Å². The fourth-order valence-corrected chi connectivity index (χ4v) is 3.90. The zero-order valence-electron chi connectivity index (χ0n) is 11.3. The molecule has 0 spiro atoms. The Hall–Kier alpha value is -1.14. The molecule has 2 N–H and O–H groups in total. The quantitative estimate of drug-likeness (QED) is 0.838. The number of aromatic nitrogens is 1. The van der Waals surface area contributed by atoms with Crippen LogP contribution in [0.2, 0.25) is 0 Å². The molecule has 1 fully saturated rings. The molecule has 6 heteroatoms. The molecule has 1 saturated heterocycles. The lowest BCUT2D eigenvalue weighted by Crippen LogP contribution is -2.34. The maximum absolute atomic E-state index is 11.9. The van der Waals surface area contributed by atoms with E-state index in [1.807, 2.05) is 7.05 Å². The summed E-state index contributed by atoms with van der Waals surface area (Å²) < 4.78 is 0. The van der Waals surface area contributed by atoms with Gasteiger partial charge in [0.05, 0.1) is 12.2 Å². The number of thiazole rings is 1. The summed E-state index contributed by atoms with van der Waals surface area (Å²) >= 11 is 1.68. The molecule has 1 aromatic heterocycles. The van der Waals surface area contributed by atoms with Gasteiger partial charge in [0.25, 0.3) is 0 Å². The number of hydrogen-bond acceptors (Lipinski definition) is 5. The van der Waals surface area contributed by atoms with E-state index in [9.17, 15) is 4.79 Å². The van der Waals surface area contributed by atoms with Crippen LogP contribution < -0.4 is 10.6 Å². The number of aryl methyl sites for hydroxylation is 1. The van der Waals surface area contributed by atoms with E-state index in [-0.39, 0.29) is 11.9 Å². The Kier molecular flexibility index (Phi) is 3.45. The van der Waals surface area contributed by atoms with Gasteiger partial charge >= 0.3 is 0 Å². The third-order valence-corrected chi connectivity index (χ3v) is 5.22. The fraction of sp³-hybridized carbons (Fsp3) is 0.692. The number of anilines is 1. The van der Waals surface area contributed by atoms with Crippen LogP contribution >= 0.6 is 11.3 Å². The lowest BCUT2D eigenvalue weighted by Gasteiger charge is -2.18. The van der Waals surface area contributed by atoms with Crippen molar-refractivity contribution >= 4 is 22.4 Å². The first-order valence-electron chi connectivity index (χ1n) is 6.89. The highest BCUT2D eigenvalue weighted by molar-refractivity contribution is 7.15. The highest BCUT2D eigenvalue weighted by Crippen LogP contribution is 2.36. The number of hydrogen-bond donors (Lipinski definition) is 1. The second kappa shape index (κ2) is 5.09. The second-order valence-corrected chi connectivity index (χ2v) is 6.41.